The summed E-state index contributed by atoms with van der Waals surface area (Å²) in [6.07, 6.45) is 1.23. The fourth-order valence-electron chi connectivity index (χ4n) is 2.46. The van der Waals surface area contributed by atoms with E-state index in [1.807, 2.05) is 28.4 Å². The molecule has 0 aliphatic rings. The monoisotopic (exact) mass is 778 g/mol. The molecule has 16 heteroatoms. The van der Waals surface area contributed by atoms with Crippen LogP contribution >= 0.6 is 10.2 Å². The SMILES string of the molecule is CC/C(=N\O)C(=O)NCC[Se]Sc1ccccc1.CC/C(=N\O)C(=O)NCC[Se][Se]CCNC(=O)/C(CC)=N/O. The number of hydrogen-bond acceptors (Lipinski definition) is 10. The molecule has 0 unspecified atom stereocenters. The van der Waals surface area contributed by atoms with Gasteiger partial charge >= 0.3 is 257 Å². The molecule has 1 rings (SSSR count). The third-order valence-corrected chi connectivity index (χ3v) is 16.1. The van der Waals surface area contributed by atoms with E-state index in [1.165, 1.54) is 4.90 Å². The van der Waals surface area contributed by atoms with E-state index in [0.717, 1.165) is 16.0 Å². The first kappa shape index (κ1) is 37.9. The van der Waals surface area contributed by atoms with Gasteiger partial charge in [-0.2, -0.15) is 0 Å². The zero-order chi connectivity index (χ0) is 30.0. The molecule has 0 fully saturated rings. The van der Waals surface area contributed by atoms with Gasteiger partial charge in [0, 0.05) is 0 Å². The van der Waals surface area contributed by atoms with Crippen molar-refractivity contribution in [2.45, 2.75) is 60.9 Å². The van der Waals surface area contributed by atoms with Crippen molar-refractivity contribution in [1.29, 1.82) is 0 Å². The summed E-state index contributed by atoms with van der Waals surface area (Å²) in [5, 5.41) is 45.5. The molecule has 0 radical (unpaired) electrons. The predicted molar refractivity (Wildman–Crippen MR) is 162 cm³/mol. The Labute approximate surface area is 256 Å². The number of oxime groups is 3. The first-order chi connectivity index (χ1) is 19.4. The molecule has 0 atom stereocenters. The van der Waals surface area contributed by atoms with E-state index in [0.29, 0.717) is 79.0 Å². The second-order valence-electron chi connectivity index (χ2n) is 7.33. The molecule has 0 heterocycles. The predicted octanol–water partition coefficient (Wildman–Crippen LogP) is 2.03. The second-order valence-corrected chi connectivity index (χ2v) is 19.4. The summed E-state index contributed by atoms with van der Waals surface area (Å²) in [4.78, 5) is 35.6. The third-order valence-electron chi connectivity index (χ3n) is 4.55. The number of hydrogen-bond donors (Lipinski definition) is 6. The maximum absolute atomic E-state index is 11.5. The van der Waals surface area contributed by atoms with Gasteiger partial charge in [-0.25, -0.2) is 0 Å². The summed E-state index contributed by atoms with van der Waals surface area (Å²) < 4.78 is 0. The van der Waals surface area contributed by atoms with E-state index >= 15 is 0 Å². The Balaban J connectivity index is 0.000000774. The molecule has 3 amide bonds. The Morgan fingerprint density at radius 3 is 1.40 bits per heavy atom. The number of carbonyl (C=O) groups excluding carboxylic acids is 3. The maximum atomic E-state index is 11.5. The molecule has 40 heavy (non-hydrogen) atoms. The van der Waals surface area contributed by atoms with Crippen molar-refractivity contribution in [3.05, 3.63) is 30.3 Å². The number of carbonyl (C=O) groups is 3. The molecule has 12 nitrogen and oxygen atoms in total. The molecule has 1 aromatic carbocycles. The fourth-order valence-corrected chi connectivity index (χ4v) is 11.5. The molecule has 1 aromatic rings. The van der Waals surface area contributed by atoms with Crippen LogP contribution in [0.25, 0.3) is 0 Å². The number of nitrogens with one attached hydrogen (secondary N) is 3. The summed E-state index contributed by atoms with van der Waals surface area (Å²) >= 11 is 1.27. The second kappa shape index (κ2) is 25.9. The molecule has 0 aliphatic heterocycles. The van der Waals surface area contributed by atoms with E-state index in [9.17, 15) is 14.4 Å². The standard InChI is InChI=1S/C12H22N4O4Se2.C12H16N2O2SSe/c1-3-9(15-19)11(17)13-5-7-21-22-8-6-14-12(18)10(4-2)16-20;1-2-11(14-16)12(15)13-8-9-18-17-10-6-4-3-5-7-10/h19-20H,3-8H2,1-2H3,(H,13,17)(H,14,18);3-7,16H,2,8-9H2,1H3,(H,13,15)/b15-9+,16-10+;14-11+. The number of benzene rings is 1. The zero-order valence-corrected chi connectivity index (χ0v) is 28.7. The fraction of sp³-hybridized carbons (Fsp3) is 0.500. The number of nitrogens with zero attached hydrogens (tertiary/aromatic N) is 3. The molecule has 0 aliphatic carbocycles. The Morgan fingerprint density at radius 2 is 1.05 bits per heavy atom. The van der Waals surface area contributed by atoms with Gasteiger partial charge in [0.05, 0.1) is 0 Å². The molecular weight excluding hydrogens is 737 g/mol. The number of amides is 3. The Morgan fingerprint density at radius 1 is 0.675 bits per heavy atom. The van der Waals surface area contributed by atoms with Crippen molar-refractivity contribution >= 4 is 85.1 Å². The van der Waals surface area contributed by atoms with Crippen LogP contribution in [0.5, 0.6) is 0 Å². The van der Waals surface area contributed by atoms with E-state index in [4.69, 9.17) is 15.6 Å². The average molecular weight is 776 g/mol. The number of rotatable bonds is 18. The Kier molecular flexibility index (Phi) is 24.6. The van der Waals surface area contributed by atoms with Crippen molar-refractivity contribution < 1.29 is 30.0 Å². The van der Waals surface area contributed by atoms with Gasteiger partial charge in [0.2, 0.25) is 0 Å². The van der Waals surface area contributed by atoms with Gasteiger partial charge in [-0.1, -0.05) is 0 Å². The minimum atomic E-state index is -0.323. The minimum absolute atomic E-state index is 0.137. The molecule has 0 bridgehead atoms. The summed E-state index contributed by atoms with van der Waals surface area (Å²) in [5.74, 6) is -0.924. The van der Waals surface area contributed by atoms with Gasteiger partial charge < -0.3 is 0 Å². The summed E-state index contributed by atoms with van der Waals surface area (Å²) in [6, 6.07) is 10.2. The van der Waals surface area contributed by atoms with Crippen molar-refractivity contribution in [2.75, 3.05) is 19.6 Å². The molecule has 0 aromatic heterocycles. The van der Waals surface area contributed by atoms with Crippen molar-refractivity contribution in [2.24, 2.45) is 15.5 Å². The van der Waals surface area contributed by atoms with E-state index in [-0.39, 0.29) is 34.9 Å². The van der Waals surface area contributed by atoms with Crippen molar-refractivity contribution in [3.8, 4) is 0 Å². The zero-order valence-electron chi connectivity index (χ0n) is 22.8. The Bertz CT molecular complexity index is 932. The van der Waals surface area contributed by atoms with Crippen LogP contribution in [0.15, 0.2) is 50.7 Å². The topological polar surface area (TPSA) is 185 Å². The van der Waals surface area contributed by atoms with Gasteiger partial charge in [-0.05, 0) is 0 Å². The van der Waals surface area contributed by atoms with Gasteiger partial charge in [-0.15, -0.1) is 0 Å². The molecular formula is C24H38N6O6SSe3. The van der Waals surface area contributed by atoms with Gasteiger partial charge in [-0.3, -0.25) is 0 Å². The van der Waals surface area contributed by atoms with Crippen LogP contribution < -0.4 is 16.0 Å². The normalized spacial score (nSPS) is 11.7. The quantitative estimate of drug-likeness (QED) is 0.0434. The molecule has 224 valence electrons. The molecule has 6 N–H and O–H groups in total. The Hall–Kier alpha value is -2.05. The van der Waals surface area contributed by atoms with Gasteiger partial charge in [0.25, 0.3) is 0 Å². The molecule has 0 saturated carbocycles. The van der Waals surface area contributed by atoms with Crippen LogP contribution in [0, 0.1) is 0 Å². The van der Waals surface area contributed by atoms with Gasteiger partial charge in [0.1, 0.15) is 0 Å². The van der Waals surface area contributed by atoms with Crippen LogP contribution in [0.3, 0.4) is 0 Å². The van der Waals surface area contributed by atoms with Crippen LogP contribution in [0.1, 0.15) is 40.0 Å². The first-order valence-corrected chi connectivity index (χ1v) is 23.2. The van der Waals surface area contributed by atoms with Crippen LogP contribution in [0.4, 0.5) is 0 Å². The van der Waals surface area contributed by atoms with Crippen molar-refractivity contribution in [3.63, 3.8) is 0 Å². The summed E-state index contributed by atoms with van der Waals surface area (Å²) in [7, 11) is 1.82. The van der Waals surface area contributed by atoms with Crippen LogP contribution in [0.2, 0.25) is 16.0 Å². The molecule has 0 saturated heterocycles. The van der Waals surface area contributed by atoms with Crippen LogP contribution in [-0.4, -0.2) is 110 Å². The van der Waals surface area contributed by atoms with E-state index < -0.39 is 0 Å². The first-order valence-electron chi connectivity index (χ1n) is 12.4. The van der Waals surface area contributed by atoms with E-state index in [2.05, 4.69) is 43.6 Å². The van der Waals surface area contributed by atoms with Crippen LogP contribution in [-0.2, 0) is 14.4 Å². The average Bonchev–Trinajstić information content (AvgIpc) is 2.97. The van der Waals surface area contributed by atoms with Gasteiger partial charge in [0.15, 0.2) is 0 Å². The van der Waals surface area contributed by atoms with E-state index in [1.54, 1.807) is 20.8 Å². The summed E-state index contributed by atoms with van der Waals surface area (Å²) in [5.41, 5.74) is 0.453. The van der Waals surface area contributed by atoms with Crippen molar-refractivity contribution in [1.82, 2.24) is 16.0 Å². The summed E-state index contributed by atoms with van der Waals surface area (Å²) in [6.45, 7) is 7.05. The third kappa shape index (κ3) is 18.3. The molecule has 0 spiro atoms.